The molecule has 162 valence electrons. The van der Waals surface area contributed by atoms with Gasteiger partial charge in [-0.25, -0.2) is 4.98 Å². The number of aliphatic hydroxyl groups excluding tert-OH is 1. The summed E-state index contributed by atoms with van der Waals surface area (Å²) in [6.07, 6.45) is 4.71. The van der Waals surface area contributed by atoms with Gasteiger partial charge in [-0.2, -0.15) is 5.26 Å². The topological polar surface area (TPSA) is 92.7 Å². The number of anilines is 3. The summed E-state index contributed by atoms with van der Waals surface area (Å²) in [7, 11) is 2.14. The molecule has 3 fully saturated rings. The molecule has 8 heteroatoms. The van der Waals surface area contributed by atoms with Crippen molar-refractivity contribution in [3.8, 4) is 6.07 Å². The molecule has 4 atom stereocenters. The van der Waals surface area contributed by atoms with Crippen molar-refractivity contribution in [1.82, 2.24) is 9.88 Å². The van der Waals surface area contributed by atoms with E-state index in [1.54, 1.807) is 17.8 Å². The fourth-order valence-corrected chi connectivity index (χ4v) is 6.87. The van der Waals surface area contributed by atoms with Gasteiger partial charge in [0.1, 0.15) is 18.1 Å². The van der Waals surface area contributed by atoms with Crippen LogP contribution < -0.4 is 15.5 Å². The number of rotatable bonds is 3. The van der Waals surface area contributed by atoms with Crippen molar-refractivity contribution >= 4 is 29.0 Å². The number of nitrogen functional groups attached to an aromatic ring is 1. The molecular formula is C23H28N6OS. The summed E-state index contributed by atoms with van der Waals surface area (Å²) in [6, 6.07) is 12.2. The monoisotopic (exact) mass is 436 g/mol. The number of fused-ring (bicyclic) bond motifs is 1. The predicted molar refractivity (Wildman–Crippen MR) is 125 cm³/mol. The van der Waals surface area contributed by atoms with Gasteiger partial charge in [0, 0.05) is 31.9 Å². The van der Waals surface area contributed by atoms with Gasteiger partial charge >= 0.3 is 0 Å². The average molecular weight is 437 g/mol. The molecule has 3 aliphatic heterocycles. The summed E-state index contributed by atoms with van der Waals surface area (Å²) >= 11 is 1.78. The Balaban J connectivity index is 1.36. The normalized spacial score (nSPS) is 28.5. The second-order valence-corrected chi connectivity index (χ2v) is 9.84. The van der Waals surface area contributed by atoms with Gasteiger partial charge in [0.25, 0.3) is 0 Å². The Bertz CT molecular complexity index is 987. The molecule has 3 aliphatic rings. The van der Waals surface area contributed by atoms with Crippen LogP contribution in [0.2, 0.25) is 0 Å². The second-order valence-electron chi connectivity index (χ2n) is 8.58. The van der Waals surface area contributed by atoms with Crippen molar-refractivity contribution in [2.45, 2.75) is 42.2 Å². The van der Waals surface area contributed by atoms with Crippen LogP contribution in [0, 0.1) is 11.3 Å². The lowest BCUT2D eigenvalue weighted by molar-refractivity contribution is 0.100. The maximum absolute atomic E-state index is 11.3. The number of nitrogens with two attached hydrogens (primary N) is 1. The van der Waals surface area contributed by atoms with Gasteiger partial charge in [-0.3, -0.25) is 4.90 Å². The smallest absolute Gasteiger partial charge is 0.140 e. The molecule has 4 unspecified atom stereocenters. The predicted octanol–water partition coefficient (Wildman–Crippen LogP) is 2.78. The second kappa shape index (κ2) is 8.23. The van der Waals surface area contributed by atoms with E-state index in [1.807, 2.05) is 23.2 Å². The zero-order valence-corrected chi connectivity index (χ0v) is 18.5. The number of nitriles is 1. The molecule has 0 spiro atoms. The van der Waals surface area contributed by atoms with E-state index in [-0.39, 0.29) is 16.7 Å². The third-order valence-corrected chi connectivity index (χ3v) is 8.55. The zero-order chi connectivity index (χ0) is 21.5. The van der Waals surface area contributed by atoms with Gasteiger partial charge in [-0.05, 0) is 50.1 Å². The average Bonchev–Trinajstić information content (AvgIpc) is 3.43. The molecule has 5 rings (SSSR count). The Morgan fingerprint density at radius 2 is 2.00 bits per heavy atom. The van der Waals surface area contributed by atoms with E-state index in [0.29, 0.717) is 17.8 Å². The Morgan fingerprint density at radius 3 is 2.71 bits per heavy atom. The molecule has 1 aromatic heterocycles. The van der Waals surface area contributed by atoms with Gasteiger partial charge in [0.05, 0.1) is 27.6 Å². The molecule has 0 radical (unpaired) electrons. The SMILES string of the molecule is CN1C(c2ccc(N3CCCC3)nc2)SC2C(O)N(c3cccc(N)c3C#N)CCC21. The first-order chi connectivity index (χ1) is 15.1. The van der Waals surface area contributed by atoms with Crippen molar-refractivity contribution in [2.24, 2.45) is 0 Å². The Morgan fingerprint density at radius 1 is 1.19 bits per heavy atom. The molecule has 0 bridgehead atoms. The van der Waals surface area contributed by atoms with E-state index in [2.05, 4.69) is 35.0 Å². The number of hydrogen-bond acceptors (Lipinski definition) is 8. The van der Waals surface area contributed by atoms with Gasteiger partial charge in [0.2, 0.25) is 0 Å². The first-order valence-corrected chi connectivity index (χ1v) is 11.8. The van der Waals surface area contributed by atoms with Gasteiger partial charge in [0.15, 0.2) is 0 Å². The minimum absolute atomic E-state index is 0.0231. The number of aromatic nitrogens is 1. The summed E-state index contributed by atoms with van der Waals surface area (Å²) in [5, 5.41) is 21.0. The van der Waals surface area contributed by atoms with E-state index >= 15 is 0 Å². The van der Waals surface area contributed by atoms with Gasteiger partial charge in [-0.1, -0.05) is 12.1 Å². The number of aliphatic hydroxyl groups is 1. The number of hydrogen-bond donors (Lipinski definition) is 2. The van der Waals surface area contributed by atoms with Crippen molar-refractivity contribution < 1.29 is 5.11 Å². The zero-order valence-electron chi connectivity index (χ0n) is 17.7. The maximum atomic E-state index is 11.3. The summed E-state index contributed by atoms with van der Waals surface area (Å²) < 4.78 is 0. The largest absolute Gasteiger partial charge is 0.398 e. The lowest BCUT2D eigenvalue weighted by Gasteiger charge is -2.42. The van der Waals surface area contributed by atoms with E-state index in [9.17, 15) is 10.4 Å². The molecule has 7 nitrogen and oxygen atoms in total. The highest BCUT2D eigenvalue weighted by Gasteiger charge is 2.48. The Labute approximate surface area is 187 Å². The maximum Gasteiger partial charge on any atom is 0.140 e. The summed E-state index contributed by atoms with van der Waals surface area (Å²) in [5.74, 6) is 1.06. The number of pyridine rings is 1. The lowest BCUT2D eigenvalue weighted by Crippen LogP contribution is -2.54. The van der Waals surface area contributed by atoms with Crippen LogP contribution in [0.15, 0.2) is 36.5 Å². The van der Waals surface area contributed by atoms with Crippen molar-refractivity contribution in [3.05, 3.63) is 47.7 Å². The molecule has 2 aromatic rings. The summed E-state index contributed by atoms with van der Waals surface area (Å²) in [6.45, 7) is 2.86. The van der Waals surface area contributed by atoms with E-state index in [0.717, 1.165) is 31.0 Å². The Kier molecular flexibility index (Phi) is 5.42. The van der Waals surface area contributed by atoms with Crippen LogP contribution in [-0.4, -0.2) is 59.2 Å². The van der Waals surface area contributed by atoms with Crippen LogP contribution >= 0.6 is 11.8 Å². The van der Waals surface area contributed by atoms with Crippen molar-refractivity contribution in [2.75, 3.05) is 42.2 Å². The van der Waals surface area contributed by atoms with Crippen LogP contribution in [0.3, 0.4) is 0 Å². The molecule has 31 heavy (non-hydrogen) atoms. The fourth-order valence-electron chi connectivity index (χ4n) is 5.13. The van der Waals surface area contributed by atoms with E-state index < -0.39 is 6.23 Å². The number of thioether (sulfide) groups is 1. The van der Waals surface area contributed by atoms with Crippen LogP contribution in [0.4, 0.5) is 17.2 Å². The summed E-state index contributed by atoms with van der Waals surface area (Å²) in [5.41, 5.74) is 8.80. The number of nitrogens with zero attached hydrogens (tertiary/aromatic N) is 5. The van der Waals surface area contributed by atoms with Crippen molar-refractivity contribution in [3.63, 3.8) is 0 Å². The minimum atomic E-state index is -0.679. The van der Waals surface area contributed by atoms with Crippen LogP contribution in [-0.2, 0) is 0 Å². The number of piperidine rings is 1. The molecule has 0 amide bonds. The minimum Gasteiger partial charge on any atom is -0.398 e. The molecule has 4 heterocycles. The highest BCUT2D eigenvalue weighted by molar-refractivity contribution is 8.00. The van der Waals surface area contributed by atoms with Gasteiger partial charge in [-0.15, -0.1) is 11.8 Å². The molecule has 0 aliphatic carbocycles. The standard InChI is InChI=1S/C23H28N6OS/c1-27-19-9-12-29(18-6-4-5-17(25)16(18)13-24)22(30)21(19)31-23(27)15-7-8-20(26-14-15)28-10-2-3-11-28/h4-8,14,19,21-23,30H,2-3,9-12,25H2,1H3. The van der Waals surface area contributed by atoms with Crippen LogP contribution in [0.25, 0.3) is 0 Å². The third-order valence-electron chi connectivity index (χ3n) is 6.82. The fraction of sp³-hybridized carbons (Fsp3) is 0.478. The highest BCUT2D eigenvalue weighted by atomic mass is 32.2. The Hall–Kier alpha value is -2.47. The lowest BCUT2D eigenvalue weighted by atomic mass is 9.99. The third kappa shape index (κ3) is 3.51. The highest BCUT2D eigenvalue weighted by Crippen LogP contribution is 2.50. The molecule has 3 N–H and O–H groups in total. The van der Waals surface area contributed by atoms with Crippen molar-refractivity contribution in [1.29, 1.82) is 5.26 Å². The van der Waals surface area contributed by atoms with E-state index in [1.165, 1.54) is 18.4 Å². The van der Waals surface area contributed by atoms with Gasteiger partial charge < -0.3 is 20.6 Å². The molecule has 0 saturated carbocycles. The molecule has 1 aromatic carbocycles. The summed E-state index contributed by atoms with van der Waals surface area (Å²) in [4.78, 5) is 11.4. The molecule has 3 saturated heterocycles. The van der Waals surface area contributed by atoms with Crippen LogP contribution in [0.5, 0.6) is 0 Å². The quantitative estimate of drug-likeness (QED) is 0.710. The number of benzene rings is 1. The first kappa shape index (κ1) is 20.4. The van der Waals surface area contributed by atoms with E-state index in [4.69, 9.17) is 10.7 Å². The van der Waals surface area contributed by atoms with Crippen LogP contribution in [0.1, 0.15) is 35.8 Å². The first-order valence-electron chi connectivity index (χ1n) is 10.9. The molecular weight excluding hydrogens is 408 g/mol.